The lowest BCUT2D eigenvalue weighted by molar-refractivity contribution is -0.385. The van der Waals surface area contributed by atoms with Gasteiger partial charge in [-0.3, -0.25) is 14.9 Å². The summed E-state index contributed by atoms with van der Waals surface area (Å²) >= 11 is 3.22. The van der Waals surface area contributed by atoms with E-state index in [0.29, 0.717) is 21.3 Å². The van der Waals surface area contributed by atoms with E-state index in [1.165, 1.54) is 49.7 Å². The highest BCUT2D eigenvalue weighted by Gasteiger charge is 2.21. The number of nitrogens with one attached hydrogen (secondary N) is 1. The Balaban J connectivity index is 1.68. The van der Waals surface area contributed by atoms with Crippen LogP contribution in [0.3, 0.4) is 0 Å². The molecule has 3 aromatic rings. The molecule has 0 saturated heterocycles. The van der Waals surface area contributed by atoms with Crippen LogP contribution in [0, 0.1) is 10.1 Å². The molecule has 0 spiro atoms. The number of halogens is 1. The van der Waals surface area contributed by atoms with Crippen LogP contribution in [0.15, 0.2) is 81.2 Å². The average molecular weight is 534 g/mol. The topological polar surface area (TPSA) is 137 Å². The van der Waals surface area contributed by atoms with Gasteiger partial charge < -0.3 is 8.92 Å². The molecule has 1 N–H and O–H groups in total. The van der Waals surface area contributed by atoms with Crippen molar-refractivity contribution in [3.63, 3.8) is 0 Å². The zero-order valence-corrected chi connectivity index (χ0v) is 19.4. The summed E-state index contributed by atoms with van der Waals surface area (Å²) in [6.45, 7) is 0. The maximum absolute atomic E-state index is 12.5. The number of nitro benzene ring substituents is 1. The molecule has 0 aliphatic heterocycles. The number of carbonyl (C=O) groups excluding carboxylic acids is 1. The lowest BCUT2D eigenvalue weighted by atomic mass is 10.2. The van der Waals surface area contributed by atoms with Gasteiger partial charge in [0.05, 0.1) is 22.7 Å². The van der Waals surface area contributed by atoms with Gasteiger partial charge in [0.15, 0.2) is 5.75 Å². The number of rotatable bonds is 8. The first-order valence-corrected chi connectivity index (χ1v) is 11.4. The number of nitro groups is 1. The van der Waals surface area contributed by atoms with Crippen LogP contribution in [-0.2, 0) is 10.1 Å². The van der Waals surface area contributed by atoms with Crippen LogP contribution < -0.4 is 14.3 Å². The highest BCUT2D eigenvalue weighted by atomic mass is 79.9. The van der Waals surface area contributed by atoms with Crippen molar-refractivity contribution in [1.29, 1.82) is 0 Å². The molecule has 3 rings (SSSR count). The molecule has 0 aliphatic rings. The molecule has 33 heavy (non-hydrogen) atoms. The minimum Gasteiger partial charge on any atom is -0.497 e. The Bertz CT molecular complexity index is 1330. The number of ether oxygens (including phenoxy) is 1. The van der Waals surface area contributed by atoms with Gasteiger partial charge in [-0.2, -0.15) is 13.5 Å². The Kier molecular flexibility index (Phi) is 7.41. The van der Waals surface area contributed by atoms with E-state index < -0.39 is 20.9 Å². The number of nitrogens with zero attached hydrogens (tertiary/aromatic N) is 2. The molecule has 0 radical (unpaired) electrons. The molecule has 1 amide bonds. The molecule has 0 unspecified atom stereocenters. The predicted octanol–water partition coefficient (Wildman–Crippen LogP) is 3.90. The van der Waals surface area contributed by atoms with E-state index in [0.717, 1.165) is 6.07 Å². The summed E-state index contributed by atoms with van der Waals surface area (Å²) in [6.07, 6.45) is 1.37. The summed E-state index contributed by atoms with van der Waals surface area (Å²) in [5.41, 5.74) is 2.94. The quantitative estimate of drug-likeness (QED) is 0.200. The minimum atomic E-state index is -4.30. The molecule has 3 aromatic carbocycles. The maximum atomic E-state index is 12.5. The number of hydrogen-bond donors (Lipinski definition) is 1. The van der Waals surface area contributed by atoms with E-state index in [1.807, 2.05) is 0 Å². The molecular formula is C21H16BrN3O7S. The van der Waals surface area contributed by atoms with Gasteiger partial charge in [-0.25, -0.2) is 5.43 Å². The molecule has 0 aromatic heterocycles. The summed E-state index contributed by atoms with van der Waals surface area (Å²) in [5, 5.41) is 14.8. The number of hydrogen-bond acceptors (Lipinski definition) is 8. The van der Waals surface area contributed by atoms with Crippen LogP contribution >= 0.6 is 15.9 Å². The zero-order valence-electron chi connectivity index (χ0n) is 17.0. The summed E-state index contributed by atoms with van der Waals surface area (Å²) in [6, 6.07) is 15.5. The normalized spacial score (nSPS) is 11.2. The molecular weight excluding hydrogens is 518 g/mol. The van der Waals surface area contributed by atoms with Gasteiger partial charge in [-0.15, -0.1) is 0 Å². The second-order valence-corrected chi connectivity index (χ2v) is 8.81. The lowest BCUT2D eigenvalue weighted by Crippen LogP contribution is -2.17. The number of amides is 1. The minimum absolute atomic E-state index is 0.0269. The number of carbonyl (C=O) groups is 1. The van der Waals surface area contributed by atoms with E-state index in [2.05, 4.69) is 26.5 Å². The Morgan fingerprint density at radius 3 is 2.48 bits per heavy atom. The summed E-state index contributed by atoms with van der Waals surface area (Å²) in [4.78, 5) is 21.9. The van der Waals surface area contributed by atoms with Gasteiger partial charge in [-0.1, -0.05) is 6.07 Å². The second-order valence-electron chi connectivity index (χ2n) is 6.41. The Morgan fingerprint density at radius 2 is 1.85 bits per heavy atom. The van der Waals surface area contributed by atoms with Gasteiger partial charge in [0.1, 0.15) is 10.6 Å². The highest BCUT2D eigenvalue weighted by Crippen LogP contribution is 2.29. The average Bonchev–Trinajstić information content (AvgIpc) is 2.80. The monoisotopic (exact) mass is 533 g/mol. The molecule has 0 fully saturated rings. The Hall–Kier alpha value is -3.77. The van der Waals surface area contributed by atoms with E-state index in [4.69, 9.17) is 8.92 Å². The first-order chi connectivity index (χ1) is 15.7. The van der Waals surface area contributed by atoms with Crippen molar-refractivity contribution in [2.24, 2.45) is 5.10 Å². The maximum Gasteiger partial charge on any atom is 0.339 e. The van der Waals surface area contributed by atoms with Crippen molar-refractivity contribution in [3.05, 3.63) is 92.4 Å². The molecule has 0 atom stereocenters. The molecule has 0 bridgehead atoms. The third kappa shape index (κ3) is 6.14. The number of hydrazone groups is 1. The highest BCUT2D eigenvalue weighted by molar-refractivity contribution is 9.10. The lowest BCUT2D eigenvalue weighted by Gasteiger charge is -2.09. The largest absolute Gasteiger partial charge is 0.497 e. The van der Waals surface area contributed by atoms with Crippen LogP contribution in [0.1, 0.15) is 15.9 Å². The Labute approximate surface area is 197 Å². The molecule has 12 heteroatoms. The summed E-state index contributed by atoms with van der Waals surface area (Å²) < 4.78 is 35.4. The number of benzene rings is 3. The number of methoxy groups -OCH3 is 1. The first kappa shape index (κ1) is 23.9. The fraction of sp³-hybridized carbons (Fsp3) is 0.0476. The second kappa shape index (κ2) is 10.2. The van der Waals surface area contributed by atoms with Crippen LogP contribution in [0.5, 0.6) is 11.5 Å². The van der Waals surface area contributed by atoms with Crippen molar-refractivity contribution < 1.29 is 27.1 Å². The molecule has 170 valence electrons. The van der Waals surface area contributed by atoms with Crippen LogP contribution in [0.25, 0.3) is 0 Å². The van der Waals surface area contributed by atoms with Crippen LogP contribution in [0.2, 0.25) is 0 Å². The SMILES string of the molecule is COc1ccc(C(=O)N/N=C\c2ccc(OS(=O)(=O)c3cccc([N+](=O)[O-])c3)c(Br)c2)cc1. The third-order valence-electron chi connectivity index (χ3n) is 4.20. The number of non-ortho nitro benzene ring substituents is 1. The molecule has 10 nitrogen and oxygen atoms in total. The van der Waals surface area contributed by atoms with Gasteiger partial charge in [-0.05, 0) is 70.0 Å². The van der Waals surface area contributed by atoms with Gasteiger partial charge in [0.2, 0.25) is 0 Å². The Morgan fingerprint density at radius 1 is 1.12 bits per heavy atom. The van der Waals surface area contributed by atoms with Gasteiger partial charge in [0.25, 0.3) is 11.6 Å². The summed E-state index contributed by atoms with van der Waals surface area (Å²) in [5.74, 6) is 0.173. The van der Waals surface area contributed by atoms with Crippen molar-refractivity contribution in [3.8, 4) is 11.5 Å². The first-order valence-electron chi connectivity index (χ1n) is 9.15. The predicted molar refractivity (Wildman–Crippen MR) is 123 cm³/mol. The van der Waals surface area contributed by atoms with Gasteiger partial charge >= 0.3 is 10.1 Å². The van der Waals surface area contributed by atoms with E-state index in [-0.39, 0.29) is 16.3 Å². The fourth-order valence-electron chi connectivity index (χ4n) is 2.56. The van der Waals surface area contributed by atoms with Crippen LogP contribution in [-0.4, -0.2) is 32.6 Å². The zero-order chi connectivity index (χ0) is 24.0. The molecule has 0 aliphatic carbocycles. The smallest absolute Gasteiger partial charge is 0.339 e. The molecule has 0 heterocycles. The van der Waals surface area contributed by atoms with E-state index in [1.54, 1.807) is 24.3 Å². The van der Waals surface area contributed by atoms with Gasteiger partial charge in [0, 0.05) is 17.7 Å². The fourth-order valence-corrected chi connectivity index (χ4v) is 4.13. The third-order valence-corrected chi connectivity index (χ3v) is 6.05. The van der Waals surface area contributed by atoms with Crippen molar-refractivity contribution in [2.45, 2.75) is 4.90 Å². The molecule has 0 saturated carbocycles. The van der Waals surface area contributed by atoms with E-state index >= 15 is 0 Å². The van der Waals surface area contributed by atoms with E-state index in [9.17, 15) is 23.3 Å². The standard InChI is InChI=1S/C21H16BrN3O7S/c1-31-17-8-6-15(7-9-17)21(26)24-23-13-14-5-10-20(19(22)11-14)32-33(29,30)18-4-2-3-16(12-18)25(27)28/h2-13H,1H3,(H,24,26)/b23-13-. The van der Waals surface area contributed by atoms with Crippen molar-refractivity contribution in [2.75, 3.05) is 7.11 Å². The van der Waals surface area contributed by atoms with Crippen LogP contribution in [0.4, 0.5) is 5.69 Å². The van der Waals surface area contributed by atoms with Crippen molar-refractivity contribution in [1.82, 2.24) is 5.43 Å². The van der Waals surface area contributed by atoms with Crippen molar-refractivity contribution >= 4 is 43.9 Å². The summed E-state index contributed by atoms with van der Waals surface area (Å²) in [7, 11) is -2.78.